The summed E-state index contributed by atoms with van der Waals surface area (Å²) in [7, 11) is 1.46. The lowest BCUT2D eigenvalue weighted by atomic mass is 9.82. The second kappa shape index (κ2) is 25.2. The van der Waals surface area contributed by atoms with Gasteiger partial charge in [0, 0.05) is 31.2 Å². The van der Waals surface area contributed by atoms with Gasteiger partial charge >= 0.3 is 18.3 Å². The van der Waals surface area contributed by atoms with Crippen molar-refractivity contribution in [2.45, 2.75) is 139 Å². The summed E-state index contributed by atoms with van der Waals surface area (Å²) in [6.07, 6.45) is -14.1. The monoisotopic (exact) mass is 1030 g/mol. The van der Waals surface area contributed by atoms with E-state index in [-0.39, 0.29) is 36.7 Å². The number of carbonyl (C=O) groups excluding carboxylic acids is 5. The van der Waals surface area contributed by atoms with Gasteiger partial charge in [-0.3, -0.25) is 29.8 Å². The number of amides is 5. The van der Waals surface area contributed by atoms with Crippen molar-refractivity contribution in [3.05, 3.63) is 91.7 Å². The van der Waals surface area contributed by atoms with Gasteiger partial charge in [0.2, 0.25) is 12.2 Å². The zero-order valence-corrected chi connectivity index (χ0v) is 40.7. The van der Waals surface area contributed by atoms with Gasteiger partial charge < -0.3 is 85.5 Å². The largest absolute Gasteiger partial charge is 0.465 e. The molecule has 0 radical (unpaired) electrons. The first-order chi connectivity index (χ1) is 34.3. The van der Waals surface area contributed by atoms with Crippen LogP contribution in [-0.4, -0.2) is 166 Å². The zero-order valence-electron chi connectivity index (χ0n) is 40.7. The predicted molar refractivity (Wildman–Crippen MR) is 248 cm³/mol. The molecule has 28 heteroatoms. The molecule has 2 heterocycles. The fourth-order valence-electron chi connectivity index (χ4n) is 7.91. The lowest BCUT2D eigenvalue weighted by Crippen LogP contribution is -2.70. The molecule has 0 unspecified atom stereocenters. The van der Waals surface area contributed by atoms with E-state index < -0.39 is 145 Å². The number of nitro benzene ring substituents is 2. The van der Waals surface area contributed by atoms with Crippen LogP contribution in [0, 0.1) is 20.2 Å². The Labute approximate surface area is 417 Å². The number of nitro groups is 2. The second-order valence-corrected chi connectivity index (χ2v) is 18.5. The minimum absolute atomic E-state index is 0.0360. The van der Waals surface area contributed by atoms with Crippen LogP contribution in [-0.2, 0) is 56.0 Å². The molecule has 2 aliphatic heterocycles. The molecule has 1 aliphatic carbocycles. The highest BCUT2D eigenvalue weighted by Crippen LogP contribution is 2.33. The Bertz CT molecular complexity index is 2300. The summed E-state index contributed by atoms with van der Waals surface area (Å²) in [5, 5.41) is 83.6. The van der Waals surface area contributed by atoms with E-state index in [1.54, 1.807) is 20.8 Å². The fraction of sp³-hybridized carbons (Fsp3) is 0.578. The van der Waals surface area contributed by atoms with Crippen LogP contribution in [0.3, 0.4) is 0 Å². The third-order valence-electron chi connectivity index (χ3n) is 11.5. The van der Waals surface area contributed by atoms with E-state index in [0.29, 0.717) is 11.1 Å². The van der Waals surface area contributed by atoms with Crippen molar-refractivity contribution in [2.24, 2.45) is 0 Å². The minimum atomic E-state index is -1.98. The number of carbonyl (C=O) groups is 5. The molecule has 3 aliphatic rings. The number of likely N-dealkylation sites (N-methyl/N-ethyl adjacent to an activating group) is 1. The van der Waals surface area contributed by atoms with Gasteiger partial charge in [0.25, 0.3) is 17.3 Å². The van der Waals surface area contributed by atoms with E-state index in [9.17, 15) is 64.6 Å². The Morgan fingerprint density at radius 1 is 0.795 bits per heavy atom. The number of rotatable bonds is 19. The van der Waals surface area contributed by atoms with Gasteiger partial charge in [0.15, 0.2) is 6.29 Å². The summed E-state index contributed by atoms with van der Waals surface area (Å²) in [5.74, 6) is -1.39. The number of benzene rings is 2. The Hall–Kier alpha value is -6.79. The molecular formula is C45H62N8O20. The molecule has 1 saturated carbocycles. The molecule has 12 atom stereocenters. The zero-order chi connectivity index (χ0) is 53.8. The standard InChI is InChI=1S/C45H62N8O20/c1-23(54)47-18-28-15-16-29(50-42(60)67-20-24-7-11-26(12-8-24)52(63)64)39(70-28)71-36-31(51-43(61)68-21-25-9-13-27(14-10-25)53(65)66)17-30(49-38(58)32(55)19-48-41(59)73-44(2,3)4)35(33(36)56)72-40-34(57)37(46-6)45(5,62)22-69-40/h7-15,29-37,39-40,46,55-57,62H,16-22H2,1-6H3,(H,47,54)(H,48,59)(H,49,58)(H,50,60)(H,51,61)/t29-,30-,31+,32-,33-,34-,35+,36-,37-,39-,40-,45+/m1/s1. The average molecular weight is 1040 g/mol. The van der Waals surface area contributed by atoms with Gasteiger partial charge in [-0.05, 0) is 89.1 Å². The van der Waals surface area contributed by atoms with E-state index >= 15 is 0 Å². The number of ether oxygens (including phenoxy) is 7. The fourth-order valence-corrected chi connectivity index (χ4v) is 7.91. The van der Waals surface area contributed by atoms with Crippen molar-refractivity contribution in [2.75, 3.05) is 26.7 Å². The first-order valence-electron chi connectivity index (χ1n) is 22.9. The van der Waals surface area contributed by atoms with Gasteiger partial charge in [0.1, 0.15) is 60.7 Å². The molecule has 5 rings (SSSR count). The van der Waals surface area contributed by atoms with Crippen LogP contribution < -0.4 is 31.9 Å². The van der Waals surface area contributed by atoms with Gasteiger partial charge in [-0.2, -0.15) is 0 Å². The van der Waals surface area contributed by atoms with E-state index in [0.717, 1.165) is 0 Å². The normalized spacial score (nSPS) is 27.3. The van der Waals surface area contributed by atoms with Crippen LogP contribution in [0.15, 0.2) is 60.4 Å². The highest BCUT2D eigenvalue weighted by atomic mass is 16.7. The summed E-state index contributed by atoms with van der Waals surface area (Å²) < 4.78 is 40.6. The van der Waals surface area contributed by atoms with Crippen LogP contribution in [0.1, 0.15) is 58.6 Å². The highest BCUT2D eigenvalue weighted by molar-refractivity contribution is 5.82. The second-order valence-electron chi connectivity index (χ2n) is 18.5. The molecule has 5 amide bonds. The Morgan fingerprint density at radius 3 is 1.82 bits per heavy atom. The molecule has 0 bridgehead atoms. The minimum Gasteiger partial charge on any atom is -0.465 e. The van der Waals surface area contributed by atoms with E-state index in [1.165, 1.54) is 75.5 Å². The molecule has 0 spiro atoms. The lowest BCUT2D eigenvalue weighted by molar-refractivity contribution is -0.385. The van der Waals surface area contributed by atoms with Gasteiger partial charge in [0.05, 0.1) is 53.7 Å². The summed E-state index contributed by atoms with van der Waals surface area (Å²) in [4.78, 5) is 86.0. The summed E-state index contributed by atoms with van der Waals surface area (Å²) in [5.41, 5.74) is -2.20. The molecule has 73 heavy (non-hydrogen) atoms. The molecule has 0 aromatic heterocycles. The molecule has 2 aromatic carbocycles. The van der Waals surface area contributed by atoms with Crippen LogP contribution in [0.4, 0.5) is 25.8 Å². The highest BCUT2D eigenvalue weighted by Gasteiger charge is 2.53. The SMILES string of the molecule is CN[C@@H]1[C@@H](O)[C@@H](O[C@@H]2[C@@H](O)[C@H](O[C@H]3OC(CNC(C)=O)=CC[C@H]3NC(=O)OCc3ccc([N+](=O)[O-])cc3)[C@@H](NC(=O)OCc3ccc([N+](=O)[O-])cc3)C[C@H]2NC(=O)[C@H](O)CNC(=O)OC(C)(C)C)OC[C@]1(C)O. The van der Waals surface area contributed by atoms with Crippen LogP contribution >= 0.6 is 0 Å². The maximum atomic E-state index is 13.7. The number of nitrogens with zero attached hydrogens (tertiary/aromatic N) is 2. The molecule has 2 aromatic rings. The van der Waals surface area contributed by atoms with Crippen LogP contribution in [0.5, 0.6) is 0 Å². The average Bonchev–Trinajstić information content (AvgIpc) is 3.32. The maximum absolute atomic E-state index is 13.7. The third-order valence-corrected chi connectivity index (χ3v) is 11.5. The van der Waals surface area contributed by atoms with Crippen molar-refractivity contribution >= 4 is 41.5 Å². The van der Waals surface area contributed by atoms with Crippen molar-refractivity contribution < 1.29 is 87.4 Å². The third kappa shape index (κ3) is 16.6. The summed E-state index contributed by atoms with van der Waals surface area (Å²) in [6, 6.07) is 5.31. The van der Waals surface area contributed by atoms with Crippen LogP contribution in [0.25, 0.3) is 0 Å². The molecule has 28 nitrogen and oxygen atoms in total. The predicted octanol–water partition coefficient (Wildman–Crippen LogP) is 0.121. The Kier molecular flexibility index (Phi) is 19.7. The first kappa shape index (κ1) is 57.1. The van der Waals surface area contributed by atoms with E-state index in [1.807, 2.05) is 0 Å². The van der Waals surface area contributed by atoms with Crippen molar-refractivity contribution in [3.8, 4) is 0 Å². The summed E-state index contributed by atoms with van der Waals surface area (Å²) in [6.45, 7) is 5.53. The molecule has 402 valence electrons. The quantitative estimate of drug-likeness (QED) is 0.0507. The number of nitrogens with one attached hydrogen (secondary N) is 6. The van der Waals surface area contributed by atoms with Gasteiger partial charge in [-0.25, -0.2) is 14.4 Å². The Balaban J connectivity index is 1.47. The molecule has 10 N–H and O–H groups in total. The number of aliphatic hydroxyl groups excluding tert-OH is 3. The number of non-ortho nitro benzene ring substituents is 2. The number of hydrogen-bond donors (Lipinski definition) is 10. The molecular weight excluding hydrogens is 973 g/mol. The smallest absolute Gasteiger partial charge is 0.407 e. The topological polar surface area (TPSA) is 389 Å². The van der Waals surface area contributed by atoms with E-state index in [2.05, 4.69) is 31.9 Å². The number of alkyl carbamates (subject to hydrolysis) is 3. The first-order valence-corrected chi connectivity index (χ1v) is 22.9. The number of hydrogen-bond acceptors (Lipinski definition) is 21. The van der Waals surface area contributed by atoms with Crippen molar-refractivity contribution in [3.63, 3.8) is 0 Å². The maximum Gasteiger partial charge on any atom is 0.407 e. The van der Waals surface area contributed by atoms with Crippen LogP contribution in [0.2, 0.25) is 0 Å². The van der Waals surface area contributed by atoms with Gasteiger partial charge in [-0.15, -0.1) is 0 Å². The number of aliphatic hydroxyl groups is 4. The Morgan fingerprint density at radius 2 is 1.32 bits per heavy atom. The van der Waals surface area contributed by atoms with Crippen molar-refractivity contribution in [1.82, 2.24) is 31.9 Å². The van der Waals surface area contributed by atoms with Crippen molar-refractivity contribution in [1.29, 1.82) is 0 Å². The van der Waals surface area contributed by atoms with Gasteiger partial charge in [-0.1, -0.05) is 0 Å². The lowest BCUT2D eigenvalue weighted by Gasteiger charge is -2.49. The van der Waals surface area contributed by atoms with E-state index in [4.69, 9.17) is 33.2 Å². The molecule has 1 saturated heterocycles. The molecule has 2 fully saturated rings. The summed E-state index contributed by atoms with van der Waals surface area (Å²) >= 11 is 0.